The van der Waals surface area contributed by atoms with Crippen LogP contribution in [0.2, 0.25) is 0 Å². The van der Waals surface area contributed by atoms with Crippen LogP contribution in [0.25, 0.3) is 0 Å². The van der Waals surface area contributed by atoms with Gasteiger partial charge in [-0.05, 0) is 51.0 Å². The van der Waals surface area contributed by atoms with Gasteiger partial charge in [0, 0.05) is 18.3 Å². The summed E-state index contributed by atoms with van der Waals surface area (Å²) >= 11 is 0. The number of rotatable bonds is 11. The van der Waals surface area contributed by atoms with E-state index in [0.717, 1.165) is 23.9 Å². The molecule has 3 rings (SSSR count). The van der Waals surface area contributed by atoms with Gasteiger partial charge in [0.15, 0.2) is 0 Å². The molecule has 0 aliphatic carbocycles. The minimum absolute atomic E-state index is 0.0344. The summed E-state index contributed by atoms with van der Waals surface area (Å²) in [6, 6.07) is 3.14. The van der Waals surface area contributed by atoms with Crippen LogP contribution in [0.4, 0.5) is 34.8 Å². The van der Waals surface area contributed by atoms with Crippen LogP contribution >= 0.6 is 0 Å². The van der Waals surface area contributed by atoms with Gasteiger partial charge in [0.2, 0.25) is 11.8 Å². The zero-order chi connectivity index (χ0) is 31.9. The van der Waals surface area contributed by atoms with Crippen LogP contribution < -0.4 is 25.4 Å². The number of halogens is 4. The van der Waals surface area contributed by atoms with Gasteiger partial charge in [0.25, 0.3) is 11.8 Å². The Balaban J connectivity index is 1.91. The Morgan fingerprint density at radius 3 is 2.35 bits per heavy atom. The standard InChI is InChI=1S/C28H30F4N6O5/c1-6-15(27(2,3)41)9-10-33-23-22(26(43-5)36-14-35-23)25(40)38-20-13-34-21(42-4)12-17(20)24(39)37-16-7-8-19(29)18(11-16)28(30,31)32/h6-8,11-14,41H,9-10H2,1-5H3,(H,37,39)(H,38,40)(H,33,35,36)/b15-6+. The number of allylic oxidation sites excluding steroid dienone is 1. The number of aliphatic hydroxyl groups is 1. The quantitative estimate of drug-likeness (QED) is 0.173. The number of amides is 2. The lowest BCUT2D eigenvalue weighted by molar-refractivity contribution is -0.139. The summed E-state index contributed by atoms with van der Waals surface area (Å²) in [4.78, 5) is 38.7. The Bertz CT molecular complexity index is 1520. The minimum atomic E-state index is -4.99. The van der Waals surface area contributed by atoms with Crippen molar-refractivity contribution in [1.29, 1.82) is 0 Å². The van der Waals surface area contributed by atoms with Crippen molar-refractivity contribution in [2.45, 2.75) is 39.0 Å². The number of hydrogen-bond donors (Lipinski definition) is 4. The van der Waals surface area contributed by atoms with Crippen molar-refractivity contribution < 1.29 is 41.7 Å². The van der Waals surface area contributed by atoms with Crippen LogP contribution in [0.5, 0.6) is 11.8 Å². The van der Waals surface area contributed by atoms with Crippen molar-refractivity contribution >= 4 is 29.0 Å². The number of carbonyl (C=O) groups is 2. The fourth-order valence-corrected chi connectivity index (χ4v) is 4.02. The largest absolute Gasteiger partial charge is 0.481 e. The first-order chi connectivity index (χ1) is 20.2. The molecule has 0 fully saturated rings. The molecule has 0 unspecified atom stereocenters. The second-order valence-electron chi connectivity index (χ2n) is 9.53. The molecule has 0 radical (unpaired) electrons. The van der Waals surface area contributed by atoms with E-state index in [2.05, 4.69) is 30.9 Å². The van der Waals surface area contributed by atoms with Crippen LogP contribution in [-0.4, -0.2) is 58.2 Å². The molecule has 1 aromatic carbocycles. The topological polar surface area (TPSA) is 148 Å². The number of hydrogen-bond acceptors (Lipinski definition) is 9. The number of benzene rings is 1. The zero-order valence-corrected chi connectivity index (χ0v) is 23.9. The first-order valence-electron chi connectivity index (χ1n) is 12.7. The van der Waals surface area contributed by atoms with Gasteiger partial charge in [-0.25, -0.2) is 19.3 Å². The molecule has 2 amide bonds. The lowest BCUT2D eigenvalue weighted by Gasteiger charge is -2.22. The Morgan fingerprint density at radius 1 is 1.02 bits per heavy atom. The SMILES string of the molecule is C/C=C(\CCNc1ncnc(OC)c1C(=O)Nc1cnc(OC)cc1C(=O)Nc1ccc(F)c(C(F)(F)F)c1)C(C)(C)O. The van der Waals surface area contributed by atoms with E-state index in [0.29, 0.717) is 18.6 Å². The molecule has 43 heavy (non-hydrogen) atoms. The second kappa shape index (κ2) is 13.5. The van der Waals surface area contributed by atoms with Crippen molar-refractivity contribution in [3.63, 3.8) is 0 Å². The number of nitrogens with one attached hydrogen (secondary N) is 3. The lowest BCUT2D eigenvalue weighted by atomic mass is 9.95. The van der Waals surface area contributed by atoms with E-state index in [4.69, 9.17) is 9.47 Å². The number of alkyl halides is 3. The number of nitrogens with zero attached hydrogens (tertiary/aromatic N) is 3. The number of ether oxygens (including phenoxy) is 2. The summed E-state index contributed by atoms with van der Waals surface area (Å²) in [5.74, 6) is -3.30. The third kappa shape index (κ3) is 8.16. The van der Waals surface area contributed by atoms with E-state index in [-0.39, 0.29) is 46.6 Å². The van der Waals surface area contributed by atoms with Crippen LogP contribution in [-0.2, 0) is 6.18 Å². The second-order valence-corrected chi connectivity index (χ2v) is 9.53. The van der Waals surface area contributed by atoms with E-state index in [1.807, 2.05) is 0 Å². The van der Waals surface area contributed by atoms with Crippen molar-refractivity contribution in [2.24, 2.45) is 0 Å². The molecule has 0 aliphatic heterocycles. The Morgan fingerprint density at radius 2 is 1.74 bits per heavy atom. The van der Waals surface area contributed by atoms with Gasteiger partial charge in [0.1, 0.15) is 23.5 Å². The number of anilines is 3. The lowest BCUT2D eigenvalue weighted by Crippen LogP contribution is -2.24. The smallest absolute Gasteiger partial charge is 0.419 e. The first kappa shape index (κ1) is 32.7. The Kier molecular flexibility index (Phi) is 10.2. The molecule has 230 valence electrons. The summed E-state index contributed by atoms with van der Waals surface area (Å²) < 4.78 is 63.6. The molecule has 3 aromatic rings. The van der Waals surface area contributed by atoms with E-state index >= 15 is 0 Å². The number of carbonyl (C=O) groups excluding carboxylic acids is 2. The van der Waals surface area contributed by atoms with Crippen LogP contribution in [0, 0.1) is 5.82 Å². The average molecular weight is 607 g/mol. The van der Waals surface area contributed by atoms with Crippen molar-refractivity contribution in [1.82, 2.24) is 15.0 Å². The van der Waals surface area contributed by atoms with E-state index in [1.165, 1.54) is 20.5 Å². The molecule has 0 atom stereocenters. The third-order valence-electron chi connectivity index (χ3n) is 6.16. The summed E-state index contributed by atoms with van der Waals surface area (Å²) in [6.07, 6.45) is -0.498. The van der Waals surface area contributed by atoms with Crippen LogP contribution in [0.3, 0.4) is 0 Å². The van der Waals surface area contributed by atoms with Gasteiger partial charge < -0.3 is 30.5 Å². The van der Waals surface area contributed by atoms with E-state index in [1.54, 1.807) is 26.8 Å². The maximum atomic E-state index is 13.7. The molecule has 0 saturated carbocycles. The van der Waals surface area contributed by atoms with Gasteiger partial charge >= 0.3 is 6.18 Å². The van der Waals surface area contributed by atoms with Gasteiger partial charge in [0.05, 0.1) is 42.8 Å². The molecule has 11 nitrogen and oxygen atoms in total. The maximum absolute atomic E-state index is 13.7. The predicted molar refractivity (Wildman–Crippen MR) is 150 cm³/mol. The summed E-state index contributed by atoms with van der Waals surface area (Å²) in [6.45, 7) is 5.37. The first-order valence-corrected chi connectivity index (χ1v) is 12.7. The monoisotopic (exact) mass is 606 g/mol. The molecule has 2 heterocycles. The highest BCUT2D eigenvalue weighted by Gasteiger charge is 2.34. The molecule has 15 heteroatoms. The third-order valence-corrected chi connectivity index (χ3v) is 6.16. The normalized spacial score (nSPS) is 12.0. The van der Waals surface area contributed by atoms with Crippen molar-refractivity contribution in [3.8, 4) is 11.8 Å². The van der Waals surface area contributed by atoms with Crippen LogP contribution in [0.1, 0.15) is 53.5 Å². The van der Waals surface area contributed by atoms with E-state index < -0.39 is 35.0 Å². The molecule has 0 bridgehead atoms. The van der Waals surface area contributed by atoms with Gasteiger partial charge in [-0.2, -0.15) is 13.2 Å². The van der Waals surface area contributed by atoms with Gasteiger partial charge in [-0.3, -0.25) is 9.59 Å². The highest BCUT2D eigenvalue weighted by molar-refractivity contribution is 6.14. The van der Waals surface area contributed by atoms with Gasteiger partial charge in [-0.1, -0.05) is 6.08 Å². The summed E-state index contributed by atoms with van der Waals surface area (Å²) in [5, 5.41) is 18.1. The molecular formula is C28H30F4N6O5. The minimum Gasteiger partial charge on any atom is -0.481 e. The molecular weight excluding hydrogens is 576 g/mol. The molecule has 0 aliphatic rings. The highest BCUT2D eigenvalue weighted by Crippen LogP contribution is 2.33. The molecule has 0 saturated heterocycles. The summed E-state index contributed by atoms with van der Waals surface area (Å²) in [5.41, 5.74) is -2.71. The molecule has 2 aromatic heterocycles. The van der Waals surface area contributed by atoms with Crippen molar-refractivity contribution in [3.05, 3.63) is 70.9 Å². The van der Waals surface area contributed by atoms with Crippen molar-refractivity contribution in [2.75, 3.05) is 36.7 Å². The Labute approximate surface area is 244 Å². The fraction of sp³-hybridized carbons (Fsp3) is 0.321. The zero-order valence-electron chi connectivity index (χ0n) is 23.9. The maximum Gasteiger partial charge on any atom is 0.419 e. The average Bonchev–Trinajstić information content (AvgIpc) is 2.94. The van der Waals surface area contributed by atoms with Gasteiger partial charge in [-0.15, -0.1) is 0 Å². The van der Waals surface area contributed by atoms with E-state index in [9.17, 15) is 32.3 Å². The van der Waals surface area contributed by atoms with Crippen LogP contribution in [0.15, 0.2) is 48.4 Å². The molecule has 4 N–H and O–H groups in total. The Hall–Kier alpha value is -4.79. The predicted octanol–water partition coefficient (Wildman–Crippen LogP) is 5.07. The fourth-order valence-electron chi connectivity index (χ4n) is 4.02. The highest BCUT2D eigenvalue weighted by atomic mass is 19.4. The number of pyridine rings is 1. The number of methoxy groups -OCH3 is 2. The number of aromatic nitrogens is 3. The molecule has 0 spiro atoms. The summed E-state index contributed by atoms with van der Waals surface area (Å²) in [7, 11) is 2.57.